The van der Waals surface area contributed by atoms with E-state index in [0.29, 0.717) is 11.3 Å². The second-order valence-corrected chi connectivity index (χ2v) is 9.82. The summed E-state index contributed by atoms with van der Waals surface area (Å²) in [6.45, 7) is 14.9. The Bertz CT molecular complexity index is 420. The van der Waals surface area contributed by atoms with E-state index in [1.165, 1.54) is 83.8 Å². The zero-order valence-corrected chi connectivity index (χ0v) is 18.8. The highest BCUT2D eigenvalue weighted by atomic mass is 16.2. The Morgan fingerprint density at radius 1 is 0.889 bits per heavy atom. The van der Waals surface area contributed by atoms with Crippen LogP contribution in [0.3, 0.4) is 0 Å². The minimum Gasteiger partial charge on any atom is -0.342 e. The van der Waals surface area contributed by atoms with Crippen molar-refractivity contribution in [1.29, 1.82) is 0 Å². The molecule has 2 rings (SSSR count). The van der Waals surface area contributed by atoms with Gasteiger partial charge in [0.1, 0.15) is 0 Å². The van der Waals surface area contributed by atoms with Gasteiger partial charge in [-0.05, 0) is 43.6 Å². The van der Waals surface area contributed by atoms with Crippen LogP contribution in [-0.2, 0) is 4.79 Å². The van der Waals surface area contributed by atoms with Crippen LogP contribution in [0, 0.1) is 17.3 Å². The zero-order chi connectivity index (χ0) is 19.7. The Hall–Kier alpha value is -0.570. The summed E-state index contributed by atoms with van der Waals surface area (Å²) in [6, 6.07) is 0. The first-order valence-corrected chi connectivity index (χ1v) is 12.0. The van der Waals surface area contributed by atoms with Gasteiger partial charge in [0.25, 0.3) is 0 Å². The molecule has 0 bridgehead atoms. The quantitative estimate of drug-likeness (QED) is 0.405. The average molecular weight is 379 g/mol. The maximum absolute atomic E-state index is 12.7. The number of carbonyl (C=O) groups is 1. The van der Waals surface area contributed by atoms with Crippen molar-refractivity contribution >= 4 is 5.91 Å². The molecule has 2 heterocycles. The number of rotatable bonds is 12. The number of hydrogen-bond donors (Lipinski definition) is 0. The molecule has 0 aromatic heterocycles. The first kappa shape index (κ1) is 22.7. The molecule has 2 aliphatic rings. The number of piperidine rings is 1. The Morgan fingerprint density at radius 2 is 1.56 bits per heavy atom. The van der Waals surface area contributed by atoms with Gasteiger partial charge in [-0.2, -0.15) is 0 Å². The lowest BCUT2D eigenvalue weighted by molar-refractivity contribution is -0.140. The van der Waals surface area contributed by atoms with E-state index in [1.54, 1.807) is 0 Å². The van der Waals surface area contributed by atoms with Crippen LogP contribution in [0.5, 0.6) is 0 Å². The van der Waals surface area contributed by atoms with E-state index >= 15 is 0 Å². The van der Waals surface area contributed by atoms with E-state index in [4.69, 9.17) is 0 Å². The molecule has 1 spiro atoms. The van der Waals surface area contributed by atoms with Crippen LogP contribution in [0.2, 0.25) is 0 Å². The maximum Gasteiger partial charge on any atom is 0.225 e. The summed E-state index contributed by atoms with van der Waals surface area (Å²) in [4.78, 5) is 17.6. The molecule has 1 amide bonds. The van der Waals surface area contributed by atoms with Gasteiger partial charge in [0.15, 0.2) is 0 Å². The van der Waals surface area contributed by atoms with Crippen molar-refractivity contribution in [2.75, 3.05) is 32.7 Å². The standard InChI is InChI=1S/C24H46N2O/c1-5-7-9-10-12-22(4)23(27)26-17-14-24(15-18-26)19-25(20-24)16-13-21(3)11-8-6-2/h21-22H,5-20H2,1-4H3. The molecule has 0 aromatic carbocycles. The summed E-state index contributed by atoms with van der Waals surface area (Å²) in [6.07, 6.45) is 14.0. The molecule has 2 fully saturated rings. The lowest BCUT2D eigenvalue weighted by Crippen LogP contribution is -2.61. The highest BCUT2D eigenvalue weighted by Gasteiger charge is 2.45. The fourth-order valence-electron chi connectivity index (χ4n) is 4.99. The molecule has 0 N–H and O–H groups in total. The molecule has 0 aliphatic carbocycles. The summed E-state index contributed by atoms with van der Waals surface area (Å²) >= 11 is 0. The second kappa shape index (κ2) is 11.4. The van der Waals surface area contributed by atoms with E-state index in [2.05, 4.69) is 37.5 Å². The normalized spacial score (nSPS) is 21.9. The second-order valence-electron chi connectivity index (χ2n) is 9.82. The number of likely N-dealkylation sites (tertiary alicyclic amines) is 2. The molecular formula is C24H46N2O. The Labute approximate surface area is 169 Å². The van der Waals surface area contributed by atoms with Crippen molar-refractivity contribution in [2.24, 2.45) is 17.3 Å². The third-order valence-electron chi connectivity index (χ3n) is 7.15. The fourth-order valence-corrected chi connectivity index (χ4v) is 4.99. The Kier molecular flexibility index (Phi) is 9.62. The van der Waals surface area contributed by atoms with Gasteiger partial charge < -0.3 is 9.80 Å². The topological polar surface area (TPSA) is 23.6 Å². The minimum atomic E-state index is 0.221. The highest BCUT2D eigenvalue weighted by Crippen LogP contribution is 2.41. The van der Waals surface area contributed by atoms with Gasteiger partial charge in [-0.1, -0.05) is 72.6 Å². The summed E-state index contributed by atoms with van der Waals surface area (Å²) in [7, 11) is 0. The van der Waals surface area contributed by atoms with Crippen LogP contribution in [0.1, 0.15) is 98.3 Å². The third-order valence-corrected chi connectivity index (χ3v) is 7.15. The third kappa shape index (κ3) is 7.07. The van der Waals surface area contributed by atoms with Crippen molar-refractivity contribution in [3.63, 3.8) is 0 Å². The van der Waals surface area contributed by atoms with E-state index in [9.17, 15) is 4.79 Å². The van der Waals surface area contributed by atoms with Crippen molar-refractivity contribution in [1.82, 2.24) is 9.80 Å². The predicted octanol–water partition coefficient (Wildman–Crippen LogP) is 5.73. The maximum atomic E-state index is 12.7. The van der Waals surface area contributed by atoms with Gasteiger partial charge in [-0.15, -0.1) is 0 Å². The van der Waals surface area contributed by atoms with Crippen molar-refractivity contribution in [3.8, 4) is 0 Å². The first-order chi connectivity index (χ1) is 13.0. The van der Waals surface area contributed by atoms with Crippen LogP contribution >= 0.6 is 0 Å². The first-order valence-electron chi connectivity index (χ1n) is 12.0. The zero-order valence-electron chi connectivity index (χ0n) is 18.8. The number of hydrogen-bond acceptors (Lipinski definition) is 2. The van der Waals surface area contributed by atoms with E-state index in [1.807, 2.05) is 0 Å². The van der Waals surface area contributed by atoms with Crippen molar-refractivity contribution < 1.29 is 4.79 Å². The molecule has 158 valence electrons. The number of carbonyl (C=O) groups excluding carboxylic acids is 1. The van der Waals surface area contributed by atoms with Crippen LogP contribution < -0.4 is 0 Å². The molecule has 3 nitrogen and oxygen atoms in total. The van der Waals surface area contributed by atoms with Crippen LogP contribution in [0.4, 0.5) is 0 Å². The van der Waals surface area contributed by atoms with Crippen LogP contribution in [-0.4, -0.2) is 48.4 Å². The van der Waals surface area contributed by atoms with Gasteiger partial charge >= 0.3 is 0 Å². The molecular weight excluding hydrogens is 332 g/mol. The lowest BCUT2D eigenvalue weighted by Gasteiger charge is -2.54. The molecule has 0 aromatic rings. The van der Waals surface area contributed by atoms with Gasteiger partial charge in [-0.3, -0.25) is 4.79 Å². The van der Waals surface area contributed by atoms with Crippen molar-refractivity contribution in [3.05, 3.63) is 0 Å². The summed E-state index contributed by atoms with van der Waals surface area (Å²) in [5, 5.41) is 0. The number of nitrogens with zero attached hydrogens (tertiary/aromatic N) is 2. The highest BCUT2D eigenvalue weighted by molar-refractivity contribution is 5.78. The lowest BCUT2D eigenvalue weighted by atomic mass is 9.71. The summed E-state index contributed by atoms with van der Waals surface area (Å²) in [5.41, 5.74) is 0.536. The van der Waals surface area contributed by atoms with Crippen LogP contribution in [0.25, 0.3) is 0 Å². The van der Waals surface area contributed by atoms with Gasteiger partial charge in [0.2, 0.25) is 5.91 Å². The van der Waals surface area contributed by atoms with Gasteiger partial charge in [0, 0.05) is 32.1 Å². The average Bonchev–Trinajstić information content (AvgIpc) is 2.66. The smallest absolute Gasteiger partial charge is 0.225 e. The van der Waals surface area contributed by atoms with Gasteiger partial charge in [-0.25, -0.2) is 0 Å². The molecule has 27 heavy (non-hydrogen) atoms. The largest absolute Gasteiger partial charge is 0.342 e. The van der Waals surface area contributed by atoms with Gasteiger partial charge in [0.05, 0.1) is 0 Å². The van der Waals surface area contributed by atoms with E-state index < -0.39 is 0 Å². The molecule has 0 radical (unpaired) electrons. The monoisotopic (exact) mass is 378 g/mol. The molecule has 2 saturated heterocycles. The molecule has 2 atom stereocenters. The van der Waals surface area contributed by atoms with Crippen molar-refractivity contribution in [2.45, 2.75) is 98.3 Å². The van der Waals surface area contributed by atoms with E-state index in [0.717, 1.165) is 25.4 Å². The van der Waals surface area contributed by atoms with Crippen LogP contribution in [0.15, 0.2) is 0 Å². The molecule has 0 saturated carbocycles. The summed E-state index contributed by atoms with van der Waals surface area (Å²) < 4.78 is 0. The molecule has 3 heteroatoms. The number of amides is 1. The Balaban J connectivity index is 1.61. The number of unbranched alkanes of at least 4 members (excludes halogenated alkanes) is 4. The minimum absolute atomic E-state index is 0.221. The molecule has 2 aliphatic heterocycles. The fraction of sp³-hybridized carbons (Fsp3) is 0.958. The predicted molar refractivity (Wildman–Crippen MR) is 116 cm³/mol. The van der Waals surface area contributed by atoms with E-state index in [-0.39, 0.29) is 5.92 Å². The molecule has 2 unspecified atom stereocenters. The SMILES string of the molecule is CCCCCCC(C)C(=O)N1CCC2(CC1)CN(CCC(C)CCCC)C2. The summed E-state index contributed by atoms with van der Waals surface area (Å²) in [5.74, 6) is 1.51. The Morgan fingerprint density at radius 3 is 2.19 bits per heavy atom.